The van der Waals surface area contributed by atoms with E-state index in [1.54, 1.807) is 4.90 Å². The monoisotopic (exact) mass is 761 g/mol. The lowest BCUT2D eigenvalue weighted by molar-refractivity contribution is -0.144. The number of carbonyl (C=O) groups excluding carboxylic acids is 4. The third kappa shape index (κ3) is 10.2. The molecule has 5 fully saturated rings. The highest BCUT2D eigenvalue weighted by atomic mass is 32.2. The molecule has 5 rings (SSSR count). The molecule has 1 aliphatic heterocycles. The first kappa shape index (κ1) is 42.1. The van der Waals surface area contributed by atoms with Crippen molar-refractivity contribution in [1.29, 1.82) is 0 Å². The number of ketones is 1. The minimum atomic E-state index is -1.26. The average Bonchev–Trinajstić information content (AvgIpc) is 4.02. The van der Waals surface area contributed by atoms with Gasteiger partial charge in [0.25, 0.3) is 0 Å². The van der Waals surface area contributed by atoms with Crippen LogP contribution in [0.1, 0.15) is 139 Å². The fourth-order valence-electron chi connectivity index (χ4n) is 9.43. The maximum atomic E-state index is 14.8. The van der Waals surface area contributed by atoms with Gasteiger partial charge in [0.15, 0.2) is 5.78 Å². The first-order valence-corrected chi connectivity index (χ1v) is 22.3. The van der Waals surface area contributed by atoms with Crippen molar-refractivity contribution in [2.24, 2.45) is 35.0 Å². The predicted molar refractivity (Wildman–Crippen MR) is 211 cm³/mol. The second kappa shape index (κ2) is 17.4. The number of carbonyl (C=O) groups is 4. The maximum absolute atomic E-state index is 14.8. The molecule has 5 unspecified atom stereocenters. The molecule has 4 amide bonds. The summed E-state index contributed by atoms with van der Waals surface area (Å²) in [5, 5.41) is 12.9. The van der Waals surface area contributed by atoms with E-state index < -0.39 is 46.1 Å². The molecular formula is C41H72N6O5S. The quantitative estimate of drug-likeness (QED) is 0.150. The number of nitrogens with zero attached hydrogens (tertiary/aromatic N) is 2. The Bertz CT molecular complexity index is 1340. The highest BCUT2D eigenvalue weighted by Gasteiger charge is 2.59. The van der Waals surface area contributed by atoms with E-state index in [1.807, 2.05) is 39.0 Å². The number of fused-ring (bicyclic) bond motifs is 1. The van der Waals surface area contributed by atoms with Crippen molar-refractivity contribution in [1.82, 2.24) is 30.5 Å². The number of unbranched alkanes of at least 4 members (excludes halogenated alkanes) is 1. The van der Waals surface area contributed by atoms with Gasteiger partial charge in [0.1, 0.15) is 12.1 Å². The van der Waals surface area contributed by atoms with E-state index in [2.05, 4.69) is 49.0 Å². The van der Waals surface area contributed by atoms with Crippen molar-refractivity contribution in [2.45, 2.75) is 181 Å². The van der Waals surface area contributed by atoms with Crippen molar-refractivity contribution in [2.75, 3.05) is 19.3 Å². The van der Waals surface area contributed by atoms with Crippen LogP contribution in [0.5, 0.6) is 0 Å². The third-order valence-corrected chi connectivity index (χ3v) is 15.1. The molecule has 4 N–H and O–H groups in total. The van der Waals surface area contributed by atoms with Gasteiger partial charge in [0, 0.05) is 25.7 Å². The van der Waals surface area contributed by atoms with Crippen LogP contribution in [0.2, 0.25) is 0 Å². The Balaban J connectivity index is 1.33. The van der Waals surface area contributed by atoms with E-state index in [0.29, 0.717) is 42.5 Å². The highest BCUT2D eigenvalue weighted by molar-refractivity contribution is 7.82. The molecule has 4 aliphatic carbocycles. The van der Waals surface area contributed by atoms with Crippen LogP contribution >= 0.6 is 0 Å². The van der Waals surface area contributed by atoms with Crippen LogP contribution in [0.4, 0.5) is 4.79 Å². The Hall–Kier alpha value is -2.05. The van der Waals surface area contributed by atoms with Gasteiger partial charge >= 0.3 is 6.03 Å². The zero-order chi connectivity index (χ0) is 38.8. The molecule has 1 heterocycles. The third-order valence-electron chi connectivity index (χ3n) is 13.3. The first-order chi connectivity index (χ1) is 25.0. The van der Waals surface area contributed by atoms with Crippen LogP contribution in [-0.4, -0.2) is 98.2 Å². The lowest BCUT2D eigenvalue weighted by atomic mass is 9.60. The fraction of sp³-hybridized carbons (Fsp3) is 0.902. The standard InChI is InChI=1S/C41H72N6O5S/c1-10-11-15-32(35(48)26(4)42-30-18-19-30)43-37(49)34-33-29(22-31(33)25(2)3)23-47(34)38(50)36(40(6,7)8)44-39(51)45-41(20-13-12-14-21-41)24-53(52)46(9)27(5)28-16-17-28/h25-34,36,42H,10-24H2,1-9H3,(H,43,49)(H2,44,45,51)/t26?,27-,29?,31?,32+,33?,34+,36-,53?/m1/s1. The summed E-state index contributed by atoms with van der Waals surface area (Å²) in [5.41, 5.74) is -1.28. The summed E-state index contributed by atoms with van der Waals surface area (Å²) in [6.07, 6.45) is 12.2. The molecule has 0 spiro atoms. The summed E-state index contributed by atoms with van der Waals surface area (Å²) >= 11 is 0. The number of amides is 4. The molecule has 0 aromatic carbocycles. The van der Waals surface area contributed by atoms with Crippen molar-refractivity contribution in [3.8, 4) is 0 Å². The molecule has 4 saturated carbocycles. The largest absolute Gasteiger partial charge is 0.344 e. The van der Waals surface area contributed by atoms with Gasteiger partial charge in [-0.3, -0.25) is 14.4 Å². The molecule has 0 radical (unpaired) electrons. The van der Waals surface area contributed by atoms with Crippen molar-refractivity contribution >= 4 is 34.6 Å². The van der Waals surface area contributed by atoms with Crippen LogP contribution in [0.3, 0.4) is 0 Å². The molecule has 11 nitrogen and oxygen atoms in total. The molecule has 9 atom stereocenters. The molecule has 1 saturated heterocycles. The molecule has 0 bridgehead atoms. The van der Waals surface area contributed by atoms with Crippen LogP contribution in [-0.2, 0) is 25.4 Å². The zero-order valence-corrected chi connectivity index (χ0v) is 35.1. The van der Waals surface area contributed by atoms with Crippen LogP contribution in [0.25, 0.3) is 0 Å². The summed E-state index contributed by atoms with van der Waals surface area (Å²) in [5.74, 6) is 1.27. The van der Waals surface area contributed by atoms with Crippen molar-refractivity contribution < 1.29 is 23.4 Å². The molecule has 302 valence electrons. The summed E-state index contributed by atoms with van der Waals surface area (Å²) < 4.78 is 15.7. The second-order valence-corrected chi connectivity index (χ2v) is 20.5. The van der Waals surface area contributed by atoms with Gasteiger partial charge < -0.3 is 26.2 Å². The SMILES string of the molecule is CCCC[C@H](NC(=O)[C@@H]1C2C(CC2C(C)C)CN1C(=O)[C@@H](NC(=O)NC1(CS(=O)N(C)[C@H](C)C2CC2)CCCCC1)C(C)(C)C)C(=O)C(C)NC1CC1. The van der Waals surface area contributed by atoms with Gasteiger partial charge in [0.05, 0.1) is 34.4 Å². The number of likely N-dealkylation sites (tertiary alicyclic amines) is 1. The number of hydrogen-bond acceptors (Lipinski definition) is 6. The van der Waals surface area contributed by atoms with Crippen LogP contribution in [0.15, 0.2) is 0 Å². The fourth-order valence-corrected chi connectivity index (χ4v) is 11.0. The minimum absolute atomic E-state index is 0.00295. The average molecular weight is 761 g/mol. The number of nitrogens with one attached hydrogen (secondary N) is 4. The predicted octanol–water partition coefficient (Wildman–Crippen LogP) is 5.30. The molecule has 0 aromatic heterocycles. The topological polar surface area (TPSA) is 140 Å². The lowest BCUT2D eigenvalue weighted by Crippen LogP contribution is -2.64. The van der Waals surface area contributed by atoms with Crippen LogP contribution in [0, 0.1) is 35.0 Å². The van der Waals surface area contributed by atoms with E-state index in [4.69, 9.17) is 0 Å². The lowest BCUT2D eigenvalue weighted by Gasteiger charge is -2.45. The molecular weight excluding hydrogens is 689 g/mol. The number of urea groups is 1. The van der Waals surface area contributed by atoms with Gasteiger partial charge in [-0.15, -0.1) is 0 Å². The summed E-state index contributed by atoms with van der Waals surface area (Å²) in [6.45, 7) is 16.8. The number of hydrogen-bond donors (Lipinski definition) is 4. The van der Waals surface area contributed by atoms with Gasteiger partial charge in [-0.05, 0) is 100 Å². The minimum Gasteiger partial charge on any atom is -0.344 e. The first-order valence-electron chi connectivity index (χ1n) is 21.1. The van der Waals surface area contributed by atoms with Crippen molar-refractivity contribution in [3.05, 3.63) is 0 Å². The van der Waals surface area contributed by atoms with Crippen molar-refractivity contribution in [3.63, 3.8) is 0 Å². The van der Waals surface area contributed by atoms with Gasteiger partial charge in [-0.2, -0.15) is 0 Å². The summed E-state index contributed by atoms with van der Waals surface area (Å²) in [4.78, 5) is 58.8. The molecule has 12 heteroatoms. The van der Waals surface area contributed by atoms with E-state index in [9.17, 15) is 23.4 Å². The normalized spacial score (nSPS) is 28.3. The molecule has 0 aromatic rings. The zero-order valence-electron chi connectivity index (χ0n) is 34.3. The Labute approximate surface area is 322 Å². The van der Waals surface area contributed by atoms with Gasteiger partial charge in [-0.25, -0.2) is 13.3 Å². The Kier molecular flexibility index (Phi) is 13.8. The Morgan fingerprint density at radius 1 is 0.962 bits per heavy atom. The molecule has 53 heavy (non-hydrogen) atoms. The Morgan fingerprint density at radius 3 is 2.19 bits per heavy atom. The van der Waals surface area contributed by atoms with E-state index in [0.717, 1.165) is 64.2 Å². The van der Waals surface area contributed by atoms with Gasteiger partial charge in [-0.1, -0.05) is 73.6 Å². The summed E-state index contributed by atoms with van der Waals surface area (Å²) in [6, 6.07) is -2.41. The number of rotatable bonds is 18. The second-order valence-electron chi connectivity index (χ2n) is 19.0. The van der Waals surface area contributed by atoms with E-state index >= 15 is 0 Å². The van der Waals surface area contributed by atoms with E-state index in [1.165, 1.54) is 12.8 Å². The smallest absolute Gasteiger partial charge is 0.315 e. The van der Waals surface area contributed by atoms with Gasteiger partial charge in [0.2, 0.25) is 11.8 Å². The maximum Gasteiger partial charge on any atom is 0.315 e. The van der Waals surface area contributed by atoms with E-state index in [-0.39, 0.29) is 41.5 Å². The highest BCUT2D eigenvalue weighted by Crippen LogP contribution is 2.53. The van der Waals surface area contributed by atoms with Crippen LogP contribution < -0.4 is 21.3 Å². The number of Topliss-reactive ketones (excluding diaryl/α,β-unsaturated/α-hetero) is 1. The molecule has 5 aliphatic rings. The summed E-state index contributed by atoms with van der Waals surface area (Å²) in [7, 11) is 0.669. The Morgan fingerprint density at radius 2 is 1.62 bits per heavy atom.